The summed E-state index contributed by atoms with van der Waals surface area (Å²) in [7, 11) is 0. The van der Waals surface area contributed by atoms with E-state index in [1.807, 2.05) is 37.3 Å². The predicted octanol–water partition coefficient (Wildman–Crippen LogP) is 19.5. The van der Waals surface area contributed by atoms with Crippen LogP contribution in [0.2, 0.25) is 0 Å². The first-order valence-corrected chi connectivity index (χ1v) is 23.7. The van der Waals surface area contributed by atoms with Crippen LogP contribution in [0.5, 0.6) is 0 Å². The van der Waals surface area contributed by atoms with E-state index in [1.54, 1.807) is 0 Å². The van der Waals surface area contributed by atoms with Crippen molar-refractivity contribution in [2.24, 2.45) is 0 Å². The second-order valence-electron chi connectivity index (χ2n) is 17.9. The highest BCUT2D eigenvalue weighted by atomic mass is 16.3. The Balaban J connectivity index is 1.01. The summed E-state index contributed by atoms with van der Waals surface area (Å²) in [6.45, 7) is 6.17. The van der Waals surface area contributed by atoms with Gasteiger partial charge in [0, 0.05) is 60.4 Å². The molecule has 3 aromatic heterocycles. The van der Waals surface area contributed by atoms with Crippen molar-refractivity contribution in [2.45, 2.75) is 6.92 Å². The molecule has 0 fully saturated rings. The predicted molar refractivity (Wildman–Crippen MR) is 295 cm³/mol. The fourth-order valence-electron chi connectivity index (χ4n) is 11.0. The number of benzene rings is 11. The van der Waals surface area contributed by atoms with Crippen molar-refractivity contribution in [3.8, 4) is 0 Å². The SMILES string of the molecule is C=Cc1c(/C=C\C)oc2c(N(c3ccc4c(c3)oc3c5ccc(N(c6cccc7ccccc67)c6cccc7c6oc6ccccc67)cc5c5ccccc5c43)c3cccc4ccccc34)cccc12. The van der Waals surface area contributed by atoms with Gasteiger partial charge in [0.05, 0.1) is 28.4 Å². The normalized spacial score (nSPS) is 12.1. The summed E-state index contributed by atoms with van der Waals surface area (Å²) in [4.78, 5) is 4.66. The third-order valence-corrected chi connectivity index (χ3v) is 14.1. The van der Waals surface area contributed by atoms with Crippen molar-refractivity contribution in [1.82, 2.24) is 0 Å². The first-order chi connectivity index (χ1) is 34.6. The molecule has 5 heteroatoms. The van der Waals surface area contributed by atoms with Gasteiger partial charge in [-0.1, -0.05) is 158 Å². The Bertz CT molecular complexity index is 4480. The Morgan fingerprint density at radius 2 is 0.871 bits per heavy atom. The Morgan fingerprint density at radius 1 is 0.371 bits per heavy atom. The average molecular weight is 899 g/mol. The molecule has 11 aromatic carbocycles. The topological polar surface area (TPSA) is 45.9 Å². The summed E-state index contributed by atoms with van der Waals surface area (Å²) in [6, 6.07) is 73.3. The van der Waals surface area contributed by atoms with Crippen LogP contribution in [0.25, 0.3) is 110 Å². The number of fused-ring (bicyclic) bond motifs is 14. The van der Waals surface area contributed by atoms with Crippen LogP contribution in [-0.2, 0) is 0 Å². The molecule has 14 aromatic rings. The fraction of sp³-hybridized carbons (Fsp3) is 0.0154. The Morgan fingerprint density at radius 3 is 1.56 bits per heavy atom. The van der Waals surface area contributed by atoms with Crippen LogP contribution in [0.3, 0.4) is 0 Å². The van der Waals surface area contributed by atoms with Crippen LogP contribution in [-0.4, -0.2) is 0 Å². The van der Waals surface area contributed by atoms with E-state index in [1.165, 1.54) is 0 Å². The number of rotatable bonds is 8. The fourth-order valence-corrected chi connectivity index (χ4v) is 11.0. The van der Waals surface area contributed by atoms with Crippen LogP contribution >= 0.6 is 0 Å². The Kier molecular flexibility index (Phi) is 8.89. The number of allylic oxidation sites excluding steroid dienone is 1. The van der Waals surface area contributed by atoms with Crippen LogP contribution < -0.4 is 9.80 Å². The van der Waals surface area contributed by atoms with Crippen molar-refractivity contribution >= 4 is 144 Å². The highest BCUT2D eigenvalue weighted by molar-refractivity contribution is 6.31. The summed E-state index contributed by atoms with van der Waals surface area (Å²) in [6.07, 6.45) is 5.89. The first kappa shape index (κ1) is 39.8. The van der Waals surface area contributed by atoms with E-state index in [4.69, 9.17) is 13.3 Å². The highest BCUT2D eigenvalue weighted by Crippen LogP contribution is 2.50. The lowest BCUT2D eigenvalue weighted by Crippen LogP contribution is -2.10. The molecule has 0 aliphatic heterocycles. The van der Waals surface area contributed by atoms with E-state index in [-0.39, 0.29) is 0 Å². The van der Waals surface area contributed by atoms with Crippen LogP contribution in [0, 0.1) is 0 Å². The molecule has 70 heavy (non-hydrogen) atoms. The maximum atomic E-state index is 7.20. The van der Waals surface area contributed by atoms with Crippen molar-refractivity contribution in [3.05, 3.63) is 230 Å². The third-order valence-electron chi connectivity index (χ3n) is 14.1. The lowest BCUT2D eigenvalue weighted by Gasteiger charge is -2.27. The maximum Gasteiger partial charge on any atom is 0.159 e. The summed E-state index contributed by atoms with van der Waals surface area (Å²) in [5.74, 6) is 0.777. The molecule has 330 valence electrons. The van der Waals surface area contributed by atoms with Gasteiger partial charge < -0.3 is 23.1 Å². The molecule has 0 bridgehead atoms. The molecule has 0 N–H and O–H groups in total. The summed E-state index contributed by atoms with van der Waals surface area (Å²) < 4.78 is 20.7. The maximum absolute atomic E-state index is 7.20. The van der Waals surface area contributed by atoms with Gasteiger partial charge in [-0.3, -0.25) is 0 Å². The minimum Gasteiger partial charge on any atom is -0.455 e. The lowest BCUT2D eigenvalue weighted by atomic mass is 9.96. The van der Waals surface area contributed by atoms with Gasteiger partial charge in [0.25, 0.3) is 0 Å². The van der Waals surface area contributed by atoms with Crippen LogP contribution in [0.1, 0.15) is 18.2 Å². The zero-order valence-electron chi connectivity index (χ0n) is 38.2. The van der Waals surface area contributed by atoms with Crippen molar-refractivity contribution in [3.63, 3.8) is 0 Å². The first-order valence-electron chi connectivity index (χ1n) is 23.7. The van der Waals surface area contributed by atoms with Gasteiger partial charge in [-0.2, -0.15) is 0 Å². The van der Waals surface area contributed by atoms with E-state index in [9.17, 15) is 0 Å². The molecule has 14 rings (SSSR count). The molecule has 5 nitrogen and oxygen atoms in total. The molecule has 0 radical (unpaired) electrons. The molecular weight excluding hydrogens is 857 g/mol. The molecule has 0 aliphatic rings. The second-order valence-corrected chi connectivity index (χ2v) is 17.9. The van der Waals surface area contributed by atoms with Crippen LogP contribution in [0.4, 0.5) is 34.1 Å². The summed E-state index contributed by atoms with van der Waals surface area (Å²) >= 11 is 0. The minimum absolute atomic E-state index is 0.777. The minimum atomic E-state index is 0.777. The molecule has 0 aliphatic carbocycles. The van der Waals surface area contributed by atoms with E-state index < -0.39 is 0 Å². The molecular formula is C65H42N2O3. The molecule has 0 unspecified atom stereocenters. The smallest absolute Gasteiger partial charge is 0.159 e. The molecule has 3 heterocycles. The van der Waals surface area contributed by atoms with Gasteiger partial charge in [-0.05, 0) is 101 Å². The zero-order chi connectivity index (χ0) is 46.5. The molecule has 0 amide bonds. The van der Waals surface area contributed by atoms with Crippen molar-refractivity contribution in [2.75, 3.05) is 9.80 Å². The van der Waals surface area contributed by atoms with E-state index in [2.05, 4.69) is 211 Å². The molecule has 0 atom stereocenters. The molecule has 0 spiro atoms. The number of hydrogen-bond donors (Lipinski definition) is 0. The van der Waals surface area contributed by atoms with E-state index in [0.717, 1.165) is 143 Å². The monoisotopic (exact) mass is 898 g/mol. The third kappa shape index (κ3) is 5.91. The van der Waals surface area contributed by atoms with E-state index in [0.29, 0.717) is 0 Å². The summed E-state index contributed by atoms with van der Waals surface area (Å²) in [5, 5.41) is 14.3. The van der Waals surface area contributed by atoms with Crippen molar-refractivity contribution in [1.29, 1.82) is 0 Å². The van der Waals surface area contributed by atoms with Crippen molar-refractivity contribution < 1.29 is 13.3 Å². The number of nitrogens with zero attached hydrogens (tertiary/aromatic N) is 2. The van der Waals surface area contributed by atoms with Crippen LogP contribution in [0.15, 0.2) is 232 Å². The van der Waals surface area contributed by atoms with Gasteiger partial charge in [-0.25, -0.2) is 0 Å². The second kappa shape index (κ2) is 15.6. The zero-order valence-corrected chi connectivity index (χ0v) is 38.2. The largest absolute Gasteiger partial charge is 0.455 e. The Hall–Kier alpha value is -9.32. The number of para-hydroxylation sites is 3. The molecule has 0 saturated heterocycles. The number of anilines is 6. The number of hydrogen-bond acceptors (Lipinski definition) is 5. The van der Waals surface area contributed by atoms with E-state index >= 15 is 0 Å². The quantitative estimate of drug-likeness (QED) is 0.142. The van der Waals surface area contributed by atoms with Gasteiger partial charge in [-0.15, -0.1) is 0 Å². The van der Waals surface area contributed by atoms with Gasteiger partial charge >= 0.3 is 0 Å². The van der Waals surface area contributed by atoms with Gasteiger partial charge in [0.1, 0.15) is 22.5 Å². The highest BCUT2D eigenvalue weighted by Gasteiger charge is 2.26. The lowest BCUT2D eigenvalue weighted by molar-refractivity contribution is 0.603. The van der Waals surface area contributed by atoms with Gasteiger partial charge in [0.2, 0.25) is 0 Å². The summed E-state index contributed by atoms with van der Waals surface area (Å²) in [5.41, 5.74) is 11.0. The van der Waals surface area contributed by atoms with Gasteiger partial charge in [0.15, 0.2) is 11.2 Å². The Labute approximate surface area is 402 Å². The average Bonchev–Trinajstić information content (AvgIpc) is 4.11. The standard InChI is InChI=1S/C65H42N2O3/c1-3-17-59-44(4-2)50-27-15-31-57(63(50)68-59)67(56-30-14-21-41-19-6-8-23-46(41)56)43-35-37-53-61(39-43)70-65-52-36-34-42(38-54(52)47-24-9-10-26-49(47)62(53)65)66(55-29-13-20-40-18-5-7-22-45(40)55)58-32-16-28-51-48-25-11-12-33-60(48)69-64(51)58/h3-39H,2H2,1H3/b17-3-. The molecule has 0 saturated carbocycles. The number of furan rings is 3.